The first-order valence-electron chi connectivity index (χ1n) is 6.76. The number of hydrogen-bond acceptors (Lipinski definition) is 3. The maximum Gasteiger partial charge on any atom is 0.407 e. The molecule has 0 aromatic carbocycles. The number of rotatable bonds is 2. The van der Waals surface area contributed by atoms with Crippen molar-refractivity contribution in [3.05, 3.63) is 24.3 Å². The minimum Gasteiger partial charge on any atom is -0.465 e. The van der Waals surface area contributed by atoms with Gasteiger partial charge in [0.15, 0.2) is 0 Å². The fourth-order valence-electron chi connectivity index (χ4n) is 2.40. The normalized spacial score (nSPS) is 20.7. The predicted octanol–water partition coefficient (Wildman–Crippen LogP) is 1.25. The Morgan fingerprint density at radius 1 is 1.25 bits per heavy atom. The first kappa shape index (κ1) is 14.3. The minimum atomic E-state index is -0.894. The van der Waals surface area contributed by atoms with E-state index >= 15 is 0 Å². The number of likely N-dealkylation sites (tertiary alicyclic amines) is 1. The van der Waals surface area contributed by atoms with E-state index in [1.165, 1.54) is 22.0 Å². The number of amides is 3. The van der Waals surface area contributed by atoms with Crippen LogP contribution in [0.1, 0.15) is 19.3 Å². The molecule has 2 rings (SSSR count). The van der Waals surface area contributed by atoms with Gasteiger partial charge in [-0.25, -0.2) is 4.79 Å². The van der Waals surface area contributed by atoms with Crippen LogP contribution in [0.2, 0.25) is 0 Å². The van der Waals surface area contributed by atoms with E-state index in [-0.39, 0.29) is 17.7 Å². The average Bonchev–Trinajstić information content (AvgIpc) is 2.45. The Bertz CT molecular complexity index is 462. The highest BCUT2D eigenvalue weighted by Gasteiger charge is 2.22. The molecule has 1 saturated heterocycles. The molecule has 0 bridgehead atoms. The zero-order chi connectivity index (χ0) is 14.5. The van der Waals surface area contributed by atoms with E-state index in [1.54, 1.807) is 12.2 Å². The lowest BCUT2D eigenvalue weighted by molar-refractivity contribution is -0.139. The molecule has 6 nitrogen and oxygen atoms in total. The molecule has 0 unspecified atom stereocenters. The zero-order valence-corrected chi connectivity index (χ0v) is 11.2. The van der Waals surface area contributed by atoms with E-state index in [0.717, 1.165) is 0 Å². The molecule has 6 heteroatoms. The molecular formula is C14H18N2O4. The molecule has 0 spiro atoms. The molecule has 0 aromatic rings. The second kappa shape index (κ2) is 6.36. The molecule has 2 aliphatic rings. The Labute approximate surface area is 117 Å². The largest absolute Gasteiger partial charge is 0.465 e. The summed E-state index contributed by atoms with van der Waals surface area (Å²) in [5.74, 6) is -0.364. The van der Waals surface area contributed by atoms with E-state index in [2.05, 4.69) is 0 Å². The summed E-state index contributed by atoms with van der Waals surface area (Å²) < 4.78 is 0. The Hall–Kier alpha value is -2.11. The molecule has 0 aliphatic carbocycles. The number of nitrogens with zero attached hydrogens (tertiary/aromatic N) is 2. The van der Waals surface area contributed by atoms with Gasteiger partial charge in [-0.05, 0) is 37.3 Å². The first-order valence-corrected chi connectivity index (χ1v) is 6.76. The predicted molar refractivity (Wildman–Crippen MR) is 71.9 cm³/mol. The summed E-state index contributed by atoms with van der Waals surface area (Å²) in [4.78, 5) is 36.8. The molecule has 0 aromatic heterocycles. The van der Waals surface area contributed by atoms with E-state index in [9.17, 15) is 14.4 Å². The summed E-state index contributed by atoms with van der Waals surface area (Å²) in [6.07, 6.45) is 7.65. The van der Waals surface area contributed by atoms with Crippen LogP contribution in [0, 0.1) is 5.92 Å². The highest BCUT2D eigenvalue weighted by Crippen LogP contribution is 2.18. The van der Waals surface area contributed by atoms with Crippen LogP contribution in [0.15, 0.2) is 24.3 Å². The minimum absolute atomic E-state index is 0.199. The maximum atomic E-state index is 11.9. The number of piperidine rings is 1. The number of carboxylic acid groups (broad SMARTS) is 1. The summed E-state index contributed by atoms with van der Waals surface area (Å²) in [6.45, 7) is 1.41. The molecule has 0 atom stereocenters. The molecule has 3 amide bonds. The third-order valence-corrected chi connectivity index (χ3v) is 3.63. The Morgan fingerprint density at radius 2 is 1.95 bits per heavy atom. The Morgan fingerprint density at radius 3 is 2.55 bits per heavy atom. The van der Waals surface area contributed by atoms with Crippen molar-refractivity contribution < 1.29 is 19.5 Å². The number of allylic oxidation sites excluding steroid dienone is 1. The monoisotopic (exact) mass is 278 g/mol. The molecule has 1 fully saturated rings. The summed E-state index contributed by atoms with van der Waals surface area (Å²) in [6, 6.07) is 0. The first-order chi connectivity index (χ1) is 9.58. The Kier molecular flexibility index (Phi) is 4.55. The fraction of sp³-hybridized carbons (Fsp3) is 0.500. The molecule has 0 saturated carbocycles. The van der Waals surface area contributed by atoms with Gasteiger partial charge in [0.2, 0.25) is 0 Å². The van der Waals surface area contributed by atoms with Crippen LogP contribution in [0.4, 0.5) is 4.79 Å². The van der Waals surface area contributed by atoms with Crippen molar-refractivity contribution in [2.24, 2.45) is 5.92 Å². The van der Waals surface area contributed by atoms with Gasteiger partial charge in [-0.15, -0.1) is 0 Å². The van der Waals surface area contributed by atoms with Gasteiger partial charge in [0, 0.05) is 19.6 Å². The fourth-order valence-corrected chi connectivity index (χ4v) is 2.40. The number of hydrogen-bond donors (Lipinski definition) is 1. The van der Waals surface area contributed by atoms with Crippen LogP contribution in [-0.2, 0) is 9.59 Å². The van der Waals surface area contributed by atoms with Crippen molar-refractivity contribution in [2.75, 3.05) is 19.6 Å². The molecule has 20 heavy (non-hydrogen) atoms. The van der Waals surface area contributed by atoms with Crippen LogP contribution in [0.25, 0.3) is 0 Å². The summed E-state index contributed by atoms with van der Waals surface area (Å²) in [5, 5.41) is 8.85. The molecule has 1 N–H and O–H groups in total. The van der Waals surface area contributed by atoms with Crippen molar-refractivity contribution in [3.8, 4) is 0 Å². The van der Waals surface area contributed by atoms with Crippen LogP contribution in [0.3, 0.4) is 0 Å². The van der Waals surface area contributed by atoms with Crippen molar-refractivity contribution in [1.29, 1.82) is 0 Å². The van der Waals surface area contributed by atoms with Gasteiger partial charge in [-0.1, -0.05) is 12.2 Å². The Balaban J connectivity index is 1.84. The lowest BCUT2D eigenvalue weighted by Gasteiger charge is -2.28. The average molecular weight is 278 g/mol. The maximum absolute atomic E-state index is 11.9. The highest BCUT2D eigenvalue weighted by molar-refractivity contribution is 6.05. The highest BCUT2D eigenvalue weighted by atomic mass is 16.4. The van der Waals surface area contributed by atoms with Crippen LogP contribution in [-0.4, -0.2) is 52.4 Å². The third kappa shape index (κ3) is 3.46. The van der Waals surface area contributed by atoms with Gasteiger partial charge in [0.25, 0.3) is 11.8 Å². The van der Waals surface area contributed by atoms with Gasteiger partial charge in [-0.3, -0.25) is 14.5 Å². The van der Waals surface area contributed by atoms with Gasteiger partial charge in [0.05, 0.1) is 0 Å². The van der Waals surface area contributed by atoms with E-state index in [4.69, 9.17) is 5.11 Å². The molecule has 108 valence electrons. The standard InChI is InChI=1S/C14H18N2O4/c17-12-3-1-2-8-16(12)13(18)5-4-11-6-9-15(10-7-11)14(19)20/h1,3-5,11H,2,6-10H2,(H,19,20). The van der Waals surface area contributed by atoms with Gasteiger partial charge in [-0.2, -0.15) is 0 Å². The van der Waals surface area contributed by atoms with E-state index in [0.29, 0.717) is 38.9 Å². The van der Waals surface area contributed by atoms with Crippen LogP contribution >= 0.6 is 0 Å². The lowest BCUT2D eigenvalue weighted by atomic mass is 9.96. The molecule has 2 aliphatic heterocycles. The molecular weight excluding hydrogens is 260 g/mol. The van der Waals surface area contributed by atoms with Crippen LogP contribution < -0.4 is 0 Å². The summed E-state index contributed by atoms with van der Waals surface area (Å²) in [5.41, 5.74) is 0. The van der Waals surface area contributed by atoms with Gasteiger partial charge < -0.3 is 10.0 Å². The summed E-state index contributed by atoms with van der Waals surface area (Å²) >= 11 is 0. The van der Waals surface area contributed by atoms with Crippen molar-refractivity contribution in [1.82, 2.24) is 9.80 Å². The lowest BCUT2D eigenvalue weighted by Crippen LogP contribution is -2.38. The second-order valence-corrected chi connectivity index (χ2v) is 4.99. The molecule has 2 heterocycles. The SMILES string of the molecule is O=C(O)N1CCC(C=CC(=O)N2CCC=CC2=O)CC1. The third-order valence-electron chi connectivity index (χ3n) is 3.63. The second-order valence-electron chi connectivity index (χ2n) is 4.99. The van der Waals surface area contributed by atoms with Gasteiger partial charge >= 0.3 is 6.09 Å². The molecule has 0 radical (unpaired) electrons. The topological polar surface area (TPSA) is 77.9 Å². The number of carbonyl (C=O) groups excluding carboxylic acids is 2. The van der Waals surface area contributed by atoms with Crippen molar-refractivity contribution in [3.63, 3.8) is 0 Å². The van der Waals surface area contributed by atoms with Gasteiger partial charge in [0.1, 0.15) is 0 Å². The smallest absolute Gasteiger partial charge is 0.407 e. The van der Waals surface area contributed by atoms with Crippen LogP contribution in [0.5, 0.6) is 0 Å². The van der Waals surface area contributed by atoms with E-state index in [1.807, 2.05) is 0 Å². The van der Waals surface area contributed by atoms with Crippen molar-refractivity contribution >= 4 is 17.9 Å². The summed E-state index contributed by atoms with van der Waals surface area (Å²) in [7, 11) is 0. The van der Waals surface area contributed by atoms with E-state index < -0.39 is 6.09 Å². The number of carbonyl (C=O) groups is 3. The van der Waals surface area contributed by atoms with Crippen molar-refractivity contribution in [2.45, 2.75) is 19.3 Å². The number of imide groups is 1. The zero-order valence-electron chi connectivity index (χ0n) is 11.2. The quantitative estimate of drug-likeness (QED) is 0.771.